The average molecular weight is 441 g/mol. The summed E-state index contributed by atoms with van der Waals surface area (Å²) in [5.41, 5.74) is 1.09. The number of hydrogen-bond donors (Lipinski definition) is 1. The van der Waals surface area contributed by atoms with E-state index in [4.69, 9.17) is 18.9 Å². The number of aliphatic hydroxyl groups is 1. The fourth-order valence-electron chi connectivity index (χ4n) is 2.78. The molecule has 32 heavy (non-hydrogen) atoms. The Balaban J connectivity index is 2.95. The molecule has 0 spiro atoms. The summed E-state index contributed by atoms with van der Waals surface area (Å²) in [6.07, 6.45) is 13.6. The van der Waals surface area contributed by atoms with Gasteiger partial charge in [-0.2, -0.15) is 0 Å². The van der Waals surface area contributed by atoms with E-state index in [1.165, 1.54) is 12.2 Å². The van der Waals surface area contributed by atoms with Gasteiger partial charge in [0.05, 0.1) is 28.4 Å². The summed E-state index contributed by atoms with van der Waals surface area (Å²) in [7, 11) is 6.24. The highest BCUT2D eigenvalue weighted by Crippen LogP contribution is 2.28. The lowest BCUT2D eigenvalue weighted by atomic mass is 10.0. The monoisotopic (exact) mass is 440 g/mol. The van der Waals surface area contributed by atoms with E-state index in [0.717, 1.165) is 5.56 Å². The SMILES string of the molecule is C\C=C(OC)/C(=C\C=C\C=C\C(O)=C(/CC)C(=O)/C=C/c1ccc(OC)c(OC)c1)OC. The molecule has 1 N–H and O–H groups in total. The van der Waals surface area contributed by atoms with Gasteiger partial charge < -0.3 is 24.1 Å². The zero-order valence-electron chi connectivity index (χ0n) is 19.5. The Kier molecular flexibility index (Phi) is 11.8. The molecule has 0 heterocycles. The number of aliphatic hydroxyl groups excluding tert-OH is 1. The van der Waals surface area contributed by atoms with Crippen molar-refractivity contribution in [2.75, 3.05) is 28.4 Å². The third kappa shape index (κ3) is 7.87. The van der Waals surface area contributed by atoms with Gasteiger partial charge in [0.1, 0.15) is 5.76 Å². The highest BCUT2D eigenvalue weighted by atomic mass is 16.5. The highest BCUT2D eigenvalue weighted by molar-refractivity contribution is 6.06. The lowest BCUT2D eigenvalue weighted by Gasteiger charge is -2.07. The smallest absolute Gasteiger partial charge is 0.185 e. The second kappa shape index (κ2) is 14.4. The van der Waals surface area contributed by atoms with Crippen LogP contribution >= 0.6 is 0 Å². The Morgan fingerprint density at radius 1 is 0.938 bits per heavy atom. The van der Waals surface area contributed by atoms with Gasteiger partial charge in [-0.1, -0.05) is 37.3 Å². The van der Waals surface area contributed by atoms with Crippen molar-refractivity contribution in [3.63, 3.8) is 0 Å². The Bertz CT molecular complexity index is 945. The van der Waals surface area contributed by atoms with Crippen molar-refractivity contribution in [3.8, 4) is 11.5 Å². The van der Waals surface area contributed by atoms with Crippen LogP contribution in [0.4, 0.5) is 0 Å². The molecule has 0 aliphatic rings. The summed E-state index contributed by atoms with van der Waals surface area (Å²) in [4.78, 5) is 12.6. The Labute approximate surface area is 190 Å². The van der Waals surface area contributed by atoms with Gasteiger partial charge in [-0.15, -0.1) is 0 Å². The van der Waals surface area contributed by atoms with Crippen molar-refractivity contribution in [2.45, 2.75) is 20.3 Å². The molecule has 172 valence electrons. The summed E-state index contributed by atoms with van der Waals surface area (Å²) in [5, 5.41) is 10.3. The number of carbonyl (C=O) groups is 1. The largest absolute Gasteiger partial charge is 0.508 e. The van der Waals surface area contributed by atoms with Crippen LogP contribution in [0, 0.1) is 0 Å². The molecular weight excluding hydrogens is 408 g/mol. The first-order valence-corrected chi connectivity index (χ1v) is 10.1. The van der Waals surface area contributed by atoms with Crippen molar-refractivity contribution >= 4 is 11.9 Å². The van der Waals surface area contributed by atoms with E-state index in [1.54, 1.807) is 77.0 Å². The standard InChI is InChI=1S/C26H32O6/c1-7-20(21(27)12-10-9-11-13-24(30-4)23(8-2)29-3)22(28)16-14-19-15-17-25(31-5)26(18-19)32-6/h8-18,27H,7H2,1-6H3/b11-9+,12-10+,16-14+,21-20-,23-8+,24-13+. The van der Waals surface area contributed by atoms with E-state index in [2.05, 4.69) is 0 Å². The summed E-state index contributed by atoms with van der Waals surface area (Å²) in [6, 6.07) is 5.35. The van der Waals surface area contributed by atoms with Gasteiger partial charge >= 0.3 is 0 Å². The second-order valence-corrected chi connectivity index (χ2v) is 6.37. The van der Waals surface area contributed by atoms with Crippen LogP contribution in [0.25, 0.3) is 6.08 Å². The third-order valence-corrected chi connectivity index (χ3v) is 4.46. The van der Waals surface area contributed by atoms with Gasteiger partial charge in [-0.25, -0.2) is 0 Å². The number of carbonyl (C=O) groups excluding carboxylic acids is 1. The van der Waals surface area contributed by atoms with Crippen LogP contribution in [0.2, 0.25) is 0 Å². The molecule has 0 aliphatic heterocycles. The normalized spacial score (nSPS) is 13.6. The number of benzene rings is 1. The zero-order chi connectivity index (χ0) is 23.9. The maximum atomic E-state index is 12.6. The summed E-state index contributed by atoms with van der Waals surface area (Å²) < 4.78 is 21.0. The molecule has 1 rings (SSSR count). The maximum absolute atomic E-state index is 12.6. The minimum absolute atomic E-state index is 0.0823. The molecule has 1 aromatic carbocycles. The fourth-order valence-corrected chi connectivity index (χ4v) is 2.78. The van der Waals surface area contributed by atoms with Gasteiger partial charge in [0.2, 0.25) is 0 Å². The molecule has 0 unspecified atom stereocenters. The van der Waals surface area contributed by atoms with Gasteiger partial charge in [0.25, 0.3) is 0 Å². The average Bonchev–Trinajstić information content (AvgIpc) is 2.82. The minimum atomic E-state index is -0.271. The fraction of sp³-hybridized carbons (Fsp3) is 0.269. The summed E-state index contributed by atoms with van der Waals surface area (Å²) >= 11 is 0. The van der Waals surface area contributed by atoms with E-state index < -0.39 is 0 Å². The Hall–Kier alpha value is -3.67. The van der Waals surface area contributed by atoms with E-state index in [0.29, 0.717) is 35.0 Å². The van der Waals surface area contributed by atoms with Crippen LogP contribution in [-0.2, 0) is 14.3 Å². The molecule has 0 saturated carbocycles. The Morgan fingerprint density at radius 2 is 1.62 bits per heavy atom. The molecule has 0 bridgehead atoms. The molecule has 0 atom stereocenters. The number of hydrogen-bond acceptors (Lipinski definition) is 6. The van der Waals surface area contributed by atoms with Crippen molar-refractivity contribution in [1.82, 2.24) is 0 Å². The van der Waals surface area contributed by atoms with Gasteiger partial charge in [-0.05, 0) is 55.3 Å². The zero-order valence-corrected chi connectivity index (χ0v) is 19.5. The lowest BCUT2D eigenvalue weighted by molar-refractivity contribution is -0.111. The number of rotatable bonds is 12. The van der Waals surface area contributed by atoms with Crippen LogP contribution in [-0.4, -0.2) is 39.3 Å². The van der Waals surface area contributed by atoms with E-state index in [1.807, 2.05) is 19.9 Å². The highest BCUT2D eigenvalue weighted by Gasteiger charge is 2.09. The molecule has 6 heteroatoms. The first kappa shape index (κ1) is 26.4. The molecule has 0 aliphatic carbocycles. The van der Waals surface area contributed by atoms with Crippen molar-refractivity contribution in [1.29, 1.82) is 0 Å². The predicted molar refractivity (Wildman–Crippen MR) is 128 cm³/mol. The number of ether oxygens (including phenoxy) is 4. The minimum Gasteiger partial charge on any atom is -0.508 e. The lowest BCUT2D eigenvalue weighted by Crippen LogP contribution is -2.01. The first-order chi connectivity index (χ1) is 15.4. The first-order valence-electron chi connectivity index (χ1n) is 10.1. The van der Waals surface area contributed by atoms with Crippen molar-refractivity contribution < 1.29 is 28.8 Å². The van der Waals surface area contributed by atoms with E-state index in [9.17, 15) is 9.90 Å². The van der Waals surface area contributed by atoms with Crippen LogP contribution < -0.4 is 9.47 Å². The van der Waals surface area contributed by atoms with Crippen LogP contribution in [0.3, 0.4) is 0 Å². The maximum Gasteiger partial charge on any atom is 0.185 e. The number of ketones is 1. The number of allylic oxidation sites excluding steroid dienone is 8. The van der Waals surface area contributed by atoms with Crippen LogP contribution in [0.1, 0.15) is 25.8 Å². The van der Waals surface area contributed by atoms with Gasteiger partial charge in [0, 0.05) is 5.57 Å². The van der Waals surface area contributed by atoms with Crippen LogP contribution in [0.5, 0.6) is 11.5 Å². The molecule has 6 nitrogen and oxygen atoms in total. The quantitative estimate of drug-likeness (QED) is 0.255. The van der Waals surface area contributed by atoms with Gasteiger partial charge in [-0.3, -0.25) is 4.79 Å². The topological polar surface area (TPSA) is 74.2 Å². The summed E-state index contributed by atoms with van der Waals surface area (Å²) in [6.45, 7) is 3.66. The van der Waals surface area contributed by atoms with E-state index in [-0.39, 0.29) is 11.5 Å². The van der Waals surface area contributed by atoms with Crippen molar-refractivity contribution in [2.24, 2.45) is 0 Å². The molecule has 0 fully saturated rings. The molecule has 0 radical (unpaired) electrons. The molecular formula is C26H32O6. The molecule has 0 saturated heterocycles. The van der Waals surface area contributed by atoms with Crippen LogP contribution in [0.15, 0.2) is 83.6 Å². The van der Waals surface area contributed by atoms with E-state index >= 15 is 0 Å². The third-order valence-electron chi connectivity index (χ3n) is 4.46. The molecule has 1 aromatic rings. The second-order valence-electron chi connectivity index (χ2n) is 6.37. The molecule has 0 aromatic heterocycles. The Morgan fingerprint density at radius 3 is 2.19 bits per heavy atom. The number of methoxy groups -OCH3 is 4. The summed E-state index contributed by atoms with van der Waals surface area (Å²) in [5.74, 6) is 2.02. The van der Waals surface area contributed by atoms with Crippen molar-refractivity contribution in [3.05, 3.63) is 89.1 Å². The van der Waals surface area contributed by atoms with Gasteiger partial charge in [0.15, 0.2) is 28.8 Å². The molecule has 0 amide bonds. The predicted octanol–water partition coefficient (Wildman–Crippen LogP) is 5.70.